The highest BCUT2D eigenvalue weighted by molar-refractivity contribution is 6.30. The van der Waals surface area contributed by atoms with Gasteiger partial charge in [-0.1, -0.05) is 54.1 Å². The largest absolute Gasteiger partial charge is 0.363 e. The Labute approximate surface area is 163 Å². The third kappa shape index (κ3) is 5.28. The molecule has 1 amide bonds. The molecule has 0 aliphatic heterocycles. The predicted molar refractivity (Wildman–Crippen MR) is 108 cm³/mol. The van der Waals surface area contributed by atoms with Gasteiger partial charge in [-0.3, -0.25) is 4.79 Å². The van der Waals surface area contributed by atoms with Crippen LogP contribution in [0.25, 0.3) is 0 Å². The fourth-order valence-electron chi connectivity index (χ4n) is 2.68. The second kappa shape index (κ2) is 8.64. The number of benzene rings is 2. The number of aryl methyl sites for hydroxylation is 1. The van der Waals surface area contributed by atoms with Crippen LogP contribution in [0.4, 0.5) is 5.82 Å². The highest BCUT2D eigenvalue weighted by Crippen LogP contribution is 2.18. The third-order valence-corrected chi connectivity index (χ3v) is 4.35. The average molecular weight is 381 g/mol. The maximum Gasteiger partial charge on any atom is 0.270 e. The molecule has 1 unspecified atom stereocenters. The molecule has 0 bridgehead atoms. The first-order chi connectivity index (χ1) is 13.0. The minimum Gasteiger partial charge on any atom is -0.363 e. The molecular weight excluding hydrogens is 360 g/mol. The molecule has 5 nitrogen and oxygen atoms in total. The quantitative estimate of drug-likeness (QED) is 0.658. The lowest BCUT2D eigenvalue weighted by molar-refractivity contribution is 0.0945. The Morgan fingerprint density at radius 3 is 2.48 bits per heavy atom. The summed E-state index contributed by atoms with van der Waals surface area (Å²) in [7, 11) is 0. The van der Waals surface area contributed by atoms with Crippen LogP contribution in [0, 0.1) is 6.92 Å². The van der Waals surface area contributed by atoms with Gasteiger partial charge in [0.2, 0.25) is 0 Å². The second-order valence-electron chi connectivity index (χ2n) is 6.27. The predicted octanol–water partition coefficient (Wildman–Crippen LogP) is 4.54. The molecule has 1 aromatic heterocycles. The second-order valence-corrected chi connectivity index (χ2v) is 6.71. The molecule has 2 N–H and O–H groups in total. The Morgan fingerprint density at radius 1 is 1.07 bits per heavy atom. The summed E-state index contributed by atoms with van der Waals surface area (Å²) in [5.74, 6) is 0.915. The normalized spacial score (nSPS) is 11.7. The summed E-state index contributed by atoms with van der Waals surface area (Å²) in [6.45, 7) is 4.23. The average Bonchev–Trinajstić information content (AvgIpc) is 2.67. The molecule has 27 heavy (non-hydrogen) atoms. The molecule has 3 aromatic rings. The van der Waals surface area contributed by atoms with Crippen LogP contribution in [0.2, 0.25) is 5.02 Å². The molecule has 1 heterocycles. The van der Waals surface area contributed by atoms with Gasteiger partial charge in [-0.05, 0) is 37.1 Å². The Kier molecular flexibility index (Phi) is 6.04. The van der Waals surface area contributed by atoms with Crippen molar-refractivity contribution in [3.05, 3.63) is 88.3 Å². The van der Waals surface area contributed by atoms with Crippen LogP contribution in [-0.4, -0.2) is 15.9 Å². The van der Waals surface area contributed by atoms with Gasteiger partial charge in [-0.25, -0.2) is 9.97 Å². The lowest BCUT2D eigenvalue weighted by atomic mass is 10.1. The number of hydrogen-bond donors (Lipinski definition) is 2. The maximum atomic E-state index is 12.5. The minimum atomic E-state index is -0.245. The van der Waals surface area contributed by atoms with Gasteiger partial charge in [0.25, 0.3) is 5.91 Å². The van der Waals surface area contributed by atoms with Gasteiger partial charge in [-0.2, -0.15) is 0 Å². The summed E-state index contributed by atoms with van der Waals surface area (Å²) in [5, 5.41) is 6.87. The van der Waals surface area contributed by atoms with E-state index < -0.39 is 0 Å². The number of anilines is 1. The summed E-state index contributed by atoms with van der Waals surface area (Å²) >= 11 is 5.88. The summed E-state index contributed by atoms with van der Waals surface area (Å²) in [6, 6.07) is 19.1. The highest BCUT2D eigenvalue weighted by atomic mass is 35.5. The monoisotopic (exact) mass is 380 g/mol. The molecule has 0 aliphatic carbocycles. The fourth-order valence-corrected chi connectivity index (χ4v) is 2.81. The van der Waals surface area contributed by atoms with Crippen LogP contribution in [0.15, 0.2) is 60.7 Å². The Balaban J connectivity index is 1.68. The zero-order valence-electron chi connectivity index (χ0n) is 15.2. The van der Waals surface area contributed by atoms with Crippen molar-refractivity contribution in [3.8, 4) is 0 Å². The smallest absolute Gasteiger partial charge is 0.270 e. The van der Waals surface area contributed by atoms with E-state index in [4.69, 9.17) is 11.6 Å². The molecule has 0 aliphatic rings. The van der Waals surface area contributed by atoms with Crippen LogP contribution in [0.3, 0.4) is 0 Å². The van der Waals surface area contributed by atoms with Crippen molar-refractivity contribution in [1.29, 1.82) is 0 Å². The van der Waals surface area contributed by atoms with E-state index >= 15 is 0 Å². The maximum absolute atomic E-state index is 12.5. The van der Waals surface area contributed by atoms with Crippen molar-refractivity contribution in [2.45, 2.75) is 26.4 Å². The van der Waals surface area contributed by atoms with E-state index in [9.17, 15) is 4.79 Å². The van der Waals surface area contributed by atoms with E-state index in [0.717, 1.165) is 11.1 Å². The Morgan fingerprint density at radius 2 is 1.78 bits per heavy atom. The zero-order chi connectivity index (χ0) is 19.2. The van der Waals surface area contributed by atoms with Crippen molar-refractivity contribution >= 4 is 23.3 Å². The van der Waals surface area contributed by atoms with Gasteiger partial charge in [0.15, 0.2) is 0 Å². The first-order valence-corrected chi connectivity index (χ1v) is 9.09. The molecule has 138 valence electrons. The van der Waals surface area contributed by atoms with Gasteiger partial charge in [0.1, 0.15) is 17.3 Å². The SMILES string of the molecule is Cc1nc(NC(C)c2ccccc2)cc(C(=O)NCc2ccc(Cl)cc2)n1. The van der Waals surface area contributed by atoms with Gasteiger partial charge in [-0.15, -0.1) is 0 Å². The summed E-state index contributed by atoms with van der Waals surface area (Å²) < 4.78 is 0. The molecule has 6 heteroatoms. The first kappa shape index (κ1) is 18.9. The van der Waals surface area contributed by atoms with Crippen LogP contribution >= 0.6 is 11.6 Å². The van der Waals surface area contributed by atoms with Gasteiger partial charge >= 0.3 is 0 Å². The van der Waals surface area contributed by atoms with Gasteiger partial charge in [0, 0.05) is 23.7 Å². The summed E-state index contributed by atoms with van der Waals surface area (Å²) in [4.78, 5) is 21.1. The van der Waals surface area contributed by atoms with E-state index in [2.05, 4.69) is 20.6 Å². The van der Waals surface area contributed by atoms with Crippen molar-refractivity contribution < 1.29 is 4.79 Å². The number of aromatic nitrogens is 2. The number of hydrogen-bond acceptors (Lipinski definition) is 4. The van der Waals surface area contributed by atoms with Crippen LogP contribution < -0.4 is 10.6 Å². The molecule has 0 radical (unpaired) electrons. The molecule has 0 saturated heterocycles. The van der Waals surface area contributed by atoms with Crippen molar-refractivity contribution in [1.82, 2.24) is 15.3 Å². The van der Waals surface area contributed by atoms with E-state index in [1.54, 1.807) is 25.1 Å². The summed E-state index contributed by atoms with van der Waals surface area (Å²) in [5.41, 5.74) is 2.44. The number of amides is 1. The Bertz CT molecular complexity index is 913. The van der Waals surface area contributed by atoms with Crippen LogP contribution in [0.5, 0.6) is 0 Å². The number of nitrogens with zero attached hydrogens (tertiary/aromatic N) is 2. The Hall–Kier alpha value is -2.92. The van der Waals surface area contributed by atoms with Gasteiger partial charge < -0.3 is 10.6 Å². The highest BCUT2D eigenvalue weighted by Gasteiger charge is 2.12. The van der Waals surface area contributed by atoms with Crippen LogP contribution in [-0.2, 0) is 6.54 Å². The lowest BCUT2D eigenvalue weighted by Gasteiger charge is -2.16. The van der Waals surface area contributed by atoms with E-state index in [-0.39, 0.29) is 11.9 Å². The molecule has 0 spiro atoms. The number of carbonyl (C=O) groups is 1. The van der Waals surface area contributed by atoms with Crippen LogP contribution in [0.1, 0.15) is 40.4 Å². The molecule has 2 aromatic carbocycles. The first-order valence-electron chi connectivity index (χ1n) is 8.71. The fraction of sp³-hybridized carbons (Fsp3) is 0.190. The molecule has 0 fully saturated rings. The molecular formula is C21H21ClN4O. The van der Waals surface area contributed by atoms with E-state index in [1.807, 2.05) is 49.4 Å². The third-order valence-electron chi connectivity index (χ3n) is 4.10. The standard InChI is InChI=1S/C21H21ClN4O/c1-14(17-6-4-3-5-7-17)24-20-12-19(25-15(2)26-20)21(27)23-13-16-8-10-18(22)11-9-16/h3-12,14H,13H2,1-2H3,(H,23,27)(H,24,25,26). The van der Waals surface area contributed by atoms with Crippen molar-refractivity contribution in [3.63, 3.8) is 0 Å². The van der Waals surface area contributed by atoms with E-state index in [1.165, 1.54) is 0 Å². The number of rotatable bonds is 6. The van der Waals surface area contributed by atoms with Crippen molar-refractivity contribution in [2.24, 2.45) is 0 Å². The lowest BCUT2D eigenvalue weighted by Crippen LogP contribution is -2.24. The van der Waals surface area contributed by atoms with E-state index in [0.29, 0.717) is 28.9 Å². The number of carbonyl (C=O) groups excluding carboxylic acids is 1. The molecule has 0 saturated carbocycles. The minimum absolute atomic E-state index is 0.0606. The molecule has 1 atom stereocenters. The summed E-state index contributed by atoms with van der Waals surface area (Å²) in [6.07, 6.45) is 0. The zero-order valence-corrected chi connectivity index (χ0v) is 16.0. The molecule has 3 rings (SSSR count). The van der Waals surface area contributed by atoms with Crippen molar-refractivity contribution in [2.75, 3.05) is 5.32 Å². The number of nitrogens with one attached hydrogen (secondary N) is 2. The van der Waals surface area contributed by atoms with Gasteiger partial charge in [0.05, 0.1) is 0 Å². The topological polar surface area (TPSA) is 66.9 Å². The number of halogens is 1.